The Morgan fingerprint density at radius 3 is 1.34 bits per heavy atom. The molecule has 2 heterocycles. The Labute approximate surface area is 344 Å². The highest BCUT2D eigenvalue weighted by atomic mass is 15.5. The van der Waals surface area contributed by atoms with Crippen LogP contribution in [0.2, 0.25) is 0 Å². The van der Waals surface area contributed by atoms with Crippen LogP contribution < -0.4 is 15.3 Å². The molecule has 9 aromatic carbocycles. The van der Waals surface area contributed by atoms with Crippen LogP contribution in [0.15, 0.2) is 224 Å². The second kappa shape index (κ2) is 14.7. The molecule has 11 rings (SSSR count). The normalized spacial score (nSPS) is 12.2. The molecule has 59 heavy (non-hydrogen) atoms. The predicted molar refractivity (Wildman–Crippen MR) is 247 cm³/mol. The van der Waals surface area contributed by atoms with E-state index in [4.69, 9.17) is 0 Å². The first-order chi connectivity index (χ1) is 29.3. The number of benzene rings is 9. The minimum absolute atomic E-state index is 0.777. The summed E-state index contributed by atoms with van der Waals surface area (Å²) < 4.78 is 2.43. The van der Waals surface area contributed by atoms with Crippen LogP contribution in [0.3, 0.4) is 0 Å². The number of hydrogen-bond acceptors (Lipinski definition) is 3. The zero-order valence-corrected chi connectivity index (χ0v) is 32.4. The van der Waals surface area contributed by atoms with Crippen molar-refractivity contribution in [3.8, 4) is 39.1 Å². The summed E-state index contributed by atoms with van der Waals surface area (Å²) in [4.78, 5) is 2.34. The summed E-state index contributed by atoms with van der Waals surface area (Å²) in [5.41, 5.74) is 21.3. The lowest BCUT2D eigenvalue weighted by atomic mass is 10.0. The average molecular weight is 757 g/mol. The molecule has 1 aliphatic rings. The maximum absolute atomic E-state index is 3.66. The minimum Gasteiger partial charge on any atom is -0.311 e. The molecule has 0 saturated carbocycles. The molecular weight excluding hydrogens is 717 g/mol. The van der Waals surface area contributed by atoms with Crippen LogP contribution in [0.25, 0.3) is 60.9 Å². The average Bonchev–Trinajstić information content (AvgIpc) is 3.90. The molecule has 0 unspecified atom stereocenters. The van der Waals surface area contributed by atoms with Crippen LogP contribution in [-0.2, 0) is 6.54 Å². The molecule has 280 valence electrons. The first kappa shape index (κ1) is 34.6. The molecule has 0 aliphatic carbocycles. The Morgan fingerprint density at radius 2 is 0.814 bits per heavy atom. The lowest BCUT2D eigenvalue weighted by Crippen LogP contribution is -2.26. The van der Waals surface area contributed by atoms with Crippen LogP contribution in [0.5, 0.6) is 0 Å². The quantitative estimate of drug-likeness (QED) is 0.167. The van der Waals surface area contributed by atoms with Gasteiger partial charge in [-0.25, -0.2) is 5.43 Å². The van der Waals surface area contributed by atoms with Crippen LogP contribution in [-0.4, -0.2) is 4.57 Å². The van der Waals surface area contributed by atoms with Crippen molar-refractivity contribution in [1.82, 2.24) is 9.99 Å². The van der Waals surface area contributed by atoms with Crippen molar-refractivity contribution in [2.24, 2.45) is 0 Å². The molecule has 4 nitrogen and oxygen atoms in total. The number of hydrazine groups is 1. The van der Waals surface area contributed by atoms with Gasteiger partial charge in [-0.3, -0.25) is 5.01 Å². The first-order valence-electron chi connectivity index (χ1n) is 20.2. The van der Waals surface area contributed by atoms with E-state index in [0.717, 1.165) is 35.0 Å². The number of hydrogen-bond donors (Lipinski definition) is 1. The maximum Gasteiger partial charge on any atom is 0.0870 e. The zero-order chi connectivity index (χ0) is 39.1. The third kappa shape index (κ3) is 6.24. The number of fused-ring (bicyclic) bond motifs is 5. The van der Waals surface area contributed by atoms with E-state index in [1.165, 1.54) is 66.4 Å². The number of rotatable bonds is 8. The molecule has 0 radical (unpaired) electrons. The van der Waals surface area contributed by atoms with Crippen LogP contribution >= 0.6 is 0 Å². The Morgan fingerprint density at radius 1 is 0.373 bits per heavy atom. The van der Waals surface area contributed by atoms with Crippen molar-refractivity contribution < 1.29 is 0 Å². The smallest absolute Gasteiger partial charge is 0.0870 e. The summed E-state index contributed by atoms with van der Waals surface area (Å²) in [5.74, 6) is 0. The molecule has 0 spiro atoms. The van der Waals surface area contributed by atoms with Crippen LogP contribution in [0.4, 0.5) is 28.4 Å². The Balaban J connectivity index is 1.00. The van der Waals surface area contributed by atoms with Crippen molar-refractivity contribution in [3.05, 3.63) is 230 Å². The maximum atomic E-state index is 3.66. The fourth-order valence-corrected chi connectivity index (χ4v) is 8.71. The van der Waals surface area contributed by atoms with Gasteiger partial charge in [-0.05, 0) is 112 Å². The number of nitrogens with one attached hydrogen (secondary N) is 1. The van der Waals surface area contributed by atoms with E-state index in [9.17, 15) is 0 Å². The van der Waals surface area contributed by atoms with Gasteiger partial charge in [0.1, 0.15) is 0 Å². The molecule has 0 bridgehead atoms. The molecule has 1 N–H and O–H groups in total. The SMILES string of the molecule is c1ccc(-c2ccc(N(c3ccc(-c4ccccc4)cc3)c3ccc(-c4ccc5c(c4)c4ccc6c(c4n5-c4ccccc4)N(c4ccccc4)NC6)cc3)cc2)cc1. The molecule has 0 saturated heterocycles. The van der Waals surface area contributed by atoms with Crippen molar-refractivity contribution in [1.29, 1.82) is 0 Å². The summed E-state index contributed by atoms with van der Waals surface area (Å²) >= 11 is 0. The van der Waals surface area contributed by atoms with Gasteiger partial charge in [0.25, 0.3) is 0 Å². The fraction of sp³-hybridized carbons (Fsp3) is 0.0182. The van der Waals surface area contributed by atoms with Gasteiger partial charge in [-0.1, -0.05) is 152 Å². The summed E-state index contributed by atoms with van der Waals surface area (Å²) in [5, 5.41) is 4.72. The van der Waals surface area contributed by atoms with Crippen LogP contribution in [0.1, 0.15) is 5.56 Å². The lowest BCUT2D eigenvalue weighted by Gasteiger charge is -2.26. The highest BCUT2D eigenvalue weighted by Crippen LogP contribution is 2.45. The third-order valence-corrected chi connectivity index (χ3v) is 11.6. The van der Waals surface area contributed by atoms with E-state index in [1.807, 2.05) is 0 Å². The van der Waals surface area contributed by atoms with Crippen LogP contribution in [0, 0.1) is 0 Å². The van der Waals surface area contributed by atoms with Crippen molar-refractivity contribution in [2.75, 3.05) is 9.91 Å². The Hall–Kier alpha value is -7.66. The number of nitrogens with zero attached hydrogens (tertiary/aromatic N) is 3. The largest absolute Gasteiger partial charge is 0.311 e. The topological polar surface area (TPSA) is 23.4 Å². The fourth-order valence-electron chi connectivity index (χ4n) is 8.71. The molecule has 0 amide bonds. The summed E-state index contributed by atoms with van der Waals surface area (Å²) in [6.45, 7) is 0.777. The third-order valence-electron chi connectivity index (χ3n) is 11.6. The summed E-state index contributed by atoms with van der Waals surface area (Å²) in [6.07, 6.45) is 0. The molecule has 10 aromatic rings. The molecule has 4 heteroatoms. The van der Waals surface area contributed by atoms with Crippen molar-refractivity contribution >= 4 is 50.2 Å². The first-order valence-corrected chi connectivity index (χ1v) is 20.2. The van der Waals surface area contributed by atoms with Gasteiger partial charge in [0.15, 0.2) is 0 Å². The Kier molecular flexibility index (Phi) is 8.61. The second-order valence-corrected chi connectivity index (χ2v) is 15.1. The van der Waals surface area contributed by atoms with Crippen molar-refractivity contribution in [3.63, 3.8) is 0 Å². The summed E-state index contributed by atoms with van der Waals surface area (Å²) in [7, 11) is 0. The molecule has 1 aliphatic heterocycles. The minimum atomic E-state index is 0.777. The Bertz CT molecular complexity index is 2970. The van der Waals surface area contributed by atoms with E-state index in [-0.39, 0.29) is 0 Å². The highest BCUT2D eigenvalue weighted by Gasteiger charge is 2.27. The molecular formula is C55H40N4. The van der Waals surface area contributed by atoms with E-state index in [2.05, 4.69) is 244 Å². The summed E-state index contributed by atoms with van der Waals surface area (Å²) in [6, 6.07) is 80.8. The predicted octanol–water partition coefficient (Wildman–Crippen LogP) is 14.4. The monoisotopic (exact) mass is 756 g/mol. The number of para-hydroxylation sites is 2. The molecule has 0 atom stereocenters. The van der Waals surface area contributed by atoms with E-state index in [1.54, 1.807) is 0 Å². The highest BCUT2D eigenvalue weighted by molar-refractivity contribution is 6.15. The standard InChI is InChI=1S/C55H40N4/c1-5-13-39(14-6-1)41-21-29-47(30-22-41)57(48-31-23-42(24-32-48)40-15-7-2-8-16-40)49-33-25-43(26-34-49)44-28-36-53-52(37-44)51-35-27-45-38-56-59(50-19-11-4-12-20-50)54(45)55(51)58(53)46-17-9-3-10-18-46/h1-37,56H,38H2. The van der Waals surface area contributed by atoms with Gasteiger partial charge >= 0.3 is 0 Å². The van der Waals surface area contributed by atoms with Gasteiger partial charge in [0.05, 0.1) is 22.4 Å². The van der Waals surface area contributed by atoms with E-state index >= 15 is 0 Å². The number of aromatic nitrogens is 1. The van der Waals surface area contributed by atoms with Gasteiger partial charge in [0.2, 0.25) is 0 Å². The van der Waals surface area contributed by atoms with Gasteiger partial charge in [-0.2, -0.15) is 0 Å². The van der Waals surface area contributed by atoms with E-state index < -0.39 is 0 Å². The lowest BCUT2D eigenvalue weighted by molar-refractivity contribution is 0.766. The van der Waals surface area contributed by atoms with Gasteiger partial charge in [0, 0.05) is 40.1 Å². The van der Waals surface area contributed by atoms with Gasteiger partial charge < -0.3 is 9.47 Å². The molecule has 0 fully saturated rings. The number of anilines is 5. The molecule has 1 aromatic heterocycles. The van der Waals surface area contributed by atoms with Crippen molar-refractivity contribution in [2.45, 2.75) is 6.54 Å². The van der Waals surface area contributed by atoms with Gasteiger partial charge in [-0.15, -0.1) is 0 Å². The van der Waals surface area contributed by atoms with E-state index in [0.29, 0.717) is 0 Å². The zero-order valence-electron chi connectivity index (χ0n) is 32.4. The second-order valence-electron chi connectivity index (χ2n) is 15.1.